The molecule has 0 atom stereocenters. The molecule has 0 aromatic carbocycles. The summed E-state index contributed by atoms with van der Waals surface area (Å²) in [5.41, 5.74) is 0. The lowest BCUT2D eigenvalue weighted by atomic mass is 9.99. The van der Waals surface area contributed by atoms with E-state index < -0.39 is 0 Å². The van der Waals surface area contributed by atoms with Crippen LogP contribution in [0.1, 0.15) is 34.6 Å². The molecule has 0 unspecified atom stereocenters. The summed E-state index contributed by atoms with van der Waals surface area (Å²) in [7, 11) is 0. The molecule has 0 rings (SSSR count). The molecule has 0 aliphatic heterocycles. The Hall–Kier alpha value is -0.370. The van der Waals surface area contributed by atoms with Gasteiger partial charge in [-0.1, -0.05) is 27.7 Å². The summed E-state index contributed by atoms with van der Waals surface area (Å²) in [6.07, 6.45) is 0. The number of aliphatic hydroxyl groups excluding tert-OH is 1. The molecule has 11 heavy (non-hydrogen) atoms. The number of aliphatic hydroxyl groups is 1. The predicted octanol–water partition coefficient (Wildman–Crippen LogP) is 1.87. The monoisotopic (exact) mass is 160 g/mol. The second-order valence-corrected chi connectivity index (χ2v) is 3.03. The molecule has 2 nitrogen and oxygen atoms in total. The smallest absolute Gasteiger partial charge is 0.137 e. The molecule has 0 fully saturated rings. The highest BCUT2D eigenvalue weighted by molar-refractivity contribution is 5.81. The third-order valence-electron chi connectivity index (χ3n) is 1.14. The fourth-order valence-corrected chi connectivity index (χ4v) is 0.667. The van der Waals surface area contributed by atoms with Crippen molar-refractivity contribution in [2.24, 2.45) is 11.8 Å². The number of hydrogen-bond acceptors (Lipinski definition) is 2. The van der Waals surface area contributed by atoms with Crippen LogP contribution in [0.15, 0.2) is 0 Å². The Kier molecular flexibility index (Phi) is 9.31. The second-order valence-electron chi connectivity index (χ2n) is 3.03. The van der Waals surface area contributed by atoms with Crippen LogP contribution in [0, 0.1) is 11.8 Å². The van der Waals surface area contributed by atoms with Crippen molar-refractivity contribution in [3.8, 4) is 0 Å². The molecule has 0 spiro atoms. The molecule has 0 saturated heterocycles. The SMILES string of the molecule is CC(C)C(=O)C(C)C.CCO. The number of ketones is 1. The van der Waals surface area contributed by atoms with Gasteiger partial charge in [0.05, 0.1) is 0 Å². The zero-order valence-corrected chi connectivity index (χ0v) is 8.22. The molecule has 0 bridgehead atoms. The molecular formula is C9H20O2. The van der Waals surface area contributed by atoms with Gasteiger partial charge in [0.25, 0.3) is 0 Å². The summed E-state index contributed by atoms with van der Waals surface area (Å²) >= 11 is 0. The van der Waals surface area contributed by atoms with Crippen LogP contribution >= 0.6 is 0 Å². The molecule has 2 heteroatoms. The van der Waals surface area contributed by atoms with Gasteiger partial charge in [0, 0.05) is 18.4 Å². The largest absolute Gasteiger partial charge is 0.397 e. The van der Waals surface area contributed by atoms with Crippen molar-refractivity contribution in [1.29, 1.82) is 0 Å². The summed E-state index contributed by atoms with van der Waals surface area (Å²) in [6, 6.07) is 0. The van der Waals surface area contributed by atoms with Gasteiger partial charge in [0.2, 0.25) is 0 Å². The molecule has 0 heterocycles. The number of hydrogen-bond donors (Lipinski definition) is 1. The number of carbonyl (C=O) groups is 1. The zero-order chi connectivity index (χ0) is 9.44. The van der Waals surface area contributed by atoms with E-state index in [-0.39, 0.29) is 18.4 Å². The van der Waals surface area contributed by atoms with Crippen LogP contribution in [0.5, 0.6) is 0 Å². The van der Waals surface area contributed by atoms with Gasteiger partial charge < -0.3 is 5.11 Å². The molecule has 0 aliphatic carbocycles. The van der Waals surface area contributed by atoms with Gasteiger partial charge in [-0.3, -0.25) is 4.79 Å². The Labute approximate surface area is 69.6 Å². The predicted molar refractivity (Wildman–Crippen MR) is 47.4 cm³/mol. The highest BCUT2D eigenvalue weighted by Crippen LogP contribution is 2.03. The van der Waals surface area contributed by atoms with Gasteiger partial charge in [0.15, 0.2) is 0 Å². The maximum atomic E-state index is 10.8. The van der Waals surface area contributed by atoms with E-state index >= 15 is 0 Å². The Morgan fingerprint density at radius 3 is 1.36 bits per heavy atom. The molecule has 0 amide bonds. The van der Waals surface area contributed by atoms with Crippen molar-refractivity contribution < 1.29 is 9.90 Å². The van der Waals surface area contributed by atoms with Crippen molar-refractivity contribution in [3.05, 3.63) is 0 Å². The maximum Gasteiger partial charge on any atom is 0.137 e. The Bertz CT molecular complexity index is 85.7. The van der Waals surface area contributed by atoms with Gasteiger partial charge in [-0.05, 0) is 6.92 Å². The third kappa shape index (κ3) is 9.63. The van der Waals surface area contributed by atoms with Crippen LogP contribution in [0.3, 0.4) is 0 Å². The summed E-state index contributed by atoms with van der Waals surface area (Å²) in [4.78, 5) is 10.8. The first-order valence-electron chi connectivity index (χ1n) is 4.11. The normalized spacial score (nSPS) is 9.45. The van der Waals surface area contributed by atoms with Crippen molar-refractivity contribution in [2.75, 3.05) is 6.61 Å². The molecule has 0 radical (unpaired) electrons. The minimum absolute atomic E-state index is 0.204. The van der Waals surface area contributed by atoms with Crippen LogP contribution in [-0.4, -0.2) is 17.5 Å². The Morgan fingerprint density at radius 2 is 1.36 bits per heavy atom. The average molecular weight is 160 g/mol. The van der Waals surface area contributed by atoms with Gasteiger partial charge in [-0.15, -0.1) is 0 Å². The fourth-order valence-electron chi connectivity index (χ4n) is 0.667. The first-order chi connectivity index (χ1) is 4.97. The quantitative estimate of drug-likeness (QED) is 0.669. The van der Waals surface area contributed by atoms with Crippen LogP contribution in [0.25, 0.3) is 0 Å². The lowest BCUT2D eigenvalue weighted by Gasteiger charge is -2.05. The standard InChI is InChI=1S/C7H14O.C2H6O/c1-5(2)7(8)6(3)4;1-2-3/h5-6H,1-4H3;3H,2H2,1H3. The highest BCUT2D eigenvalue weighted by atomic mass is 16.2. The van der Waals surface area contributed by atoms with Gasteiger partial charge >= 0.3 is 0 Å². The van der Waals surface area contributed by atoms with E-state index in [0.717, 1.165) is 0 Å². The van der Waals surface area contributed by atoms with Crippen molar-refractivity contribution in [2.45, 2.75) is 34.6 Å². The number of rotatable bonds is 2. The molecule has 1 N–H and O–H groups in total. The topological polar surface area (TPSA) is 37.3 Å². The van der Waals surface area contributed by atoms with Crippen molar-refractivity contribution in [1.82, 2.24) is 0 Å². The molecule has 0 aromatic rings. The van der Waals surface area contributed by atoms with E-state index in [4.69, 9.17) is 5.11 Å². The van der Waals surface area contributed by atoms with E-state index in [9.17, 15) is 4.79 Å². The van der Waals surface area contributed by atoms with E-state index in [2.05, 4.69) is 0 Å². The second kappa shape index (κ2) is 7.73. The summed E-state index contributed by atoms with van der Waals surface area (Å²) in [5, 5.41) is 7.57. The molecule has 0 aliphatic rings. The number of carbonyl (C=O) groups excluding carboxylic acids is 1. The summed E-state index contributed by atoms with van der Waals surface area (Å²) in [6.45, 7) is 9.66. The lowest BCUT2D eigenvalue weighted by Crippen LogP contribution is -2.13. The highest BCUT2D eigenvalue weighted by Gasteiger charge is 2.09. The van der Waals surface area contributed by atoms with Gasteiger partial charge in [-0.2, -0.15) is 0 Å². The molecule has 68 valence electrons. The Balaban J connectivity index is 0. The zero-order valence-electron chi connectivity index (χ0n) is 8.22. The van der Waals surface area contributed by atoms with Crippen molar-refractivity contribution in [3.63, 3.8) is 0 Å². The van der Waals surface area contributed by atoms with E-state index in [1.165, 1.54) is 0 Å². The van der Waals surface area contributed by atoms with Crippen LogP contribution in [-0.2, 0) is 4.79 Å². The van der Waals surface area contributed by atoms with E-state index in [1.54, 1.807) is 6.92 Å². The van der Waals surface area contributed by atoms with Crippen LogP contribution in [0.2, 0.25) is 0 Å². The van der Waals surface area contributed by atoms with E-state index in [1.807, 2.05) is 27.7 Å². The lowest BCUT2D eigenvalue weighted by molar-refractivity contribution is -0.124. The molecular weight excluding hydrogens is 140 g/mol. The fraction of sp³-hybridized carbons (Fsp3) is 0.889. The first-order valence-corrected chi connectivity index (χ1v) is 4.11. The first kappa shape index (κ1) is 13.2. The van der Waals surface area contributed by atoms with Gasteiger partial charge in [-0.25, -0.2) is 0 Å². The minimum atomic E-state index is 0.204. The summed E-state index contributed by atoms with van der Waals surface area (Å²) in [5.74, 6) is 0.759. The Morgan fingerprint density at radius 1 is 1.18 bits per heavy atom. The third-order valence-corrected chi connectivity index (χ3v) is 1.14. The van der Waals surface area contributed by atoms with Crippen LogP contribution < -0.4 is 0 Å². The summed E-state index contributed by atoms with van der Waals surface area (Å²) < 4.78 is 0. The van der Waals surface area contributed by atoms with E-state index in [0.29, 0.717) is 5.78 Å². The van der Waals surface area contributed by atoms with Crippen molar-refractivity contribution >= 4 is 5.78 Å². The van der Waals surface area contributed by atoms with Crippen LogP contribution in [0.4, 0.5) is 0 Å². The van der Waals surface area contributed by atoms with Gasteiger partial charge in [0.1, 0.15) is 5.78 Å². The molecule has 0 aromatic heterocycles. The maximum absolute atomic E-state index is 10.8. The average Bonchev–Trinajstić information content (AvgIpc) is 1.87. The minimum Gasteiger partial charge on any atom is -0.397 e. The number of Topliss-reactive ketones (excluding diaryl/α,β-unsaturated/α-hetero) is 1. The molecule has 0 saturated carbocycles.